The van der Waals surface area contributed by atoms with E-state index in [1.807, 2.05) is 6.26 Å². The summed E-state index contributed by atoms with van der Waals surface area (Å²) < 4.78 is 5.60. The summed E-state index contributed by atoms with van der Waals surface area (Å²) >= 11 is 0. The fourth-order valence-electron chi connectivity index (χ4n) is 2.21. The number of nitrogens with zero attached hydrogens (tertiary/aromatic N) is 1. The largest absolute Gasteiger partial charge is 0.468 e. The molecule has 0 amide bonds. The minimum Gasteiger partial charge on any atom is -0.468 e. The Labute approximate surface area is 104 Å². The summed E-state index contributed by atoms with van der Waals surface area (Å²) in [7, 11) is 2.20. The van der Waals surface area contributed by atoms with Crippen molar-refractivity contribution in [3.05, 3.63) is 23.7 Å². The Morgan fingerprint density at radius 1 is 1.47 bits per heavy atom. The van der Waals surface area contributed by atoms with Gasteiger partial charge in [-0.3, -0.25) is 4.90 Å². The van der Waals surface area contributed by atoms with Crippen molar-refractivity contribution in [2.75, 3.05) is 13.6 Å². The van der Waals surface area contributed by atoms with Crippen LogP contribution in [0.1, 0.15) is 43.9 Å². The molecule has 0 bridgehead atoms. The highest BCUT2D eigenvalue weighted by Gasteiger charge is 2.22. The quantitative estimate of drug-likeness (QED) is 0.738. The molecule has 3 heteroatoms. The van der Waals surface area contributed by atoms with Gasteiger partial charge < -0.3 is 9.73 Å². The molecule has 1 heterocycles. The standard InChI is InChI=1S/C14H24N2O/c1-3-7-15-9-12-8-14(17-11-12)10-16(2)13-5-4-6-13/h8,11,13,15H,3-7,9-10H2,1-2H3. The van der Waals surface area contributed by atoms with Crippen LogP contribution in [0.25, 0.3) is 0 Å². The smallest absolute Gasteiger partial charge is 0.118 e. The van der Waals surface area contributed by atoms with Gasteiger partial charge in [-0.05, 0) is 38.9 Å². The third-order valence-electron chi connectivity index (χ3n) is 3.57. The molecule has 2 rings (SSSR count). The van der Waals surface area contributed by atoms with Crippen molar-refractivity contribution in [1.29, 1.82) is 0 Å². The average Bonchev–Trinajstić information content (AvgIpc) is 2.63. The molecule has 1 fully saturated rings. The Bertz CT molecular complexity index is 331. The highest BCUT2D eigenvalue weighted by molar-refractivity contribution is 5.12. The van der Waals surface area contributed by atoms with Crippen LogP contribution in [0.5, 0.6) is 0 Å². The highest BCUT2D eigenvalue weighted by atomic mass is 16.3. The van der Waals surface area contributed by atoms with Crippen LogP contribution in [0, 0.1) is 0 Å². The highest BCUT2D eigenvalue weighted by Crippen LogP contribution is 2.25. The molecule has 0 atom stereocenters. The Hall–Kier alpha value is -0.800. The minimum atomic E-state index is 0.779. The molecular weight excluding hydrogens is 212 g/mol. The SMILES string of the molecule is CCCNCc1coc(CN(C)C2CCC2)c1. The maximum atomic E-state index is 5.60. The summed E-state index contributed by atoms with van der Waals surface area (Å²) in [6, 6.07) is 2.96. The normalized spacial score (nSPS) is 16.4. The number of furan rings is 1. The topological polar surface area (TPSA) is 28.4 Å². The number of hydrogen-bond acceptors (Lipinski definition) is 3. The first-order valence-corrected chi connectivity index (χ1v) is 6.77. The Kier molecular flexibility index (Phi) is 4.63. The molecule has 1 aromatic heterocycles. The van der Waals surface area contributed by atoms with Gasteiger partial charge in [-0.25, -0.2) is 0 Å². The van der Waals surface area contributed by atoms with E-state index in [-0.39, 0.29) is 0 Å². The average molecular weight is 236 g/mol. The van der Waals surface area contributed by atoms with Crippen LogP contribution in [0.15, 0.2) is 16.7 Å². The second kappa shape index (κ2) is 6.22. The molecular formula is C14H24N2O. The molecule has 17 heavy (non-hydrogen) atoms. The van der Waals surface area contributed by atoms with Crippen LogP contribution in [-0.4, -0.2) is 24.5 Å². The zero-order valence-corrected chi connectivity index (χ0v) is 11.0. The molecule has 0 radical (unpaired) electrons. The van der Waals surface area contributed by atoms with E-state index in [0.29, 0.717) is 0 Å². The van der Waals surface area contributed by atoms with Crippen molar-refractivity contribution in [2.45, 2.75) is 51.7 Å². The molecule has 1 saturated carbocycles. The van der Waals surface area contributed by atoms with E-state index in [2.05, 4.69) is 30.3 Å². The maximum absolute atomic E-state index is 5.60. The van der Waals surface area contributed by atoms with Crippen LogP contribution in [0.4, 0.5) is 0 Å². The van der Waals surface area contributed by atoms with E-state index < -0.39 is 0 Å². The van der Waals surface area contributed by atoms with Gasteiger partial charge >= 0.3 is 0 Å². The molecule has 1 aliphatic carbocycles. The van der Waals surface area contributed by atoms with E-state index in [1.54, 1.807) is 0 Å². The van der Waals surface area contributed by atoms with Gasteiger partial charge in [0.15, 0.2) is 0 Å². The van der Waals surface area contributed by atoms with Gasteiger partial charge in [0.25, 0.3) is 0 Å². The van der Waals surface area contributed by atoms with E-state index in [0.717, 1.165) is 31.4 Å². The lowest BCUT2D eigenvalue weighted by atomic mass is 9.92. The van der Waals surface area contributed by atoms with Crippen molar-refractivity contribution < 1.29 is 4.42 Å². The number of rotatable bonds is 7. The van der Waals surface area contributed by atoms with Crippen LogP contribution in [0.3, 0.4) is 0 Å². The third-order valence-corrected chi connectivity index (χ3v) is 3.57. The van der Waals surface area contributed by atoms with Crippen molar-refractivity contribution >= 4 is 0 Å². The third kappa shape index (κ3) is 3.58. The lowest BCUT2D eigenvalue weighted by molar-refractivity contribution is 0.143. The molecule has 96 valence electrons. The van der Waals surface area contributed by atoms with Crippen LogP contribution in [0.2, 0.25) is 0 Å². The summed E-state index contributed by atoms with van der Waals surface area (Å²) in [5.74, 6) is 1.09. The molecule has 1 aromatic rings. The summed E-state index contributed by atoms with van der Waals surface area (Å²) in [6.07, 6.45) is 7.14. The van der Waals surface area contributed by atoms with E-state index >= 15 is 0 Å². The lowest BCUT2D eigenvalue weighted by Crippen LogP contribution is -2.36. The van der Waals surface area contributed by atoms with Crippen LogP contribution >= 0.6 is 0 Å². The van der Waals surface area contributed by atoms with E-state index in [4.69, 9.17) is 4.42 Å². The fraction of sp³-hybridized carbons (Fsp3) is 0.714. The molecule has 1 N–H and O–H groups in total. The first kappa shape index (κ1) is 12.7. The zero-order chi connectivity index (χ0) is 12.1. The Balaban J connectivity index is 1.76. The summed E-state index contributed by atoms with van der Waals surface area (Å²) in [4.78, 5) is 2.41. The van der Waals surface area contributed by atoms with Crippen molar-refractivity contribution in [3.8, 4) is 0 Å². The second-order valence-corrected chi connectivity index (χ2v) is 5.10. The van der Waals surface area contributed by atoms with Gasteiger partial charge in [0.2, 0.25) is 0 Å². The van der Waals surface area contributed by atoms with E-state index in [1.165, 1.54) is 31.2 Å². The minimum absolute atomic E-state index is 0.779. The predicted octanol–water partition coefficient (Wildman–Crippen LogP) is 2.76. The molecule has 0 aromatic carbocycles. The zero-order valence-electron chi connectivity index (χ0n) is 11.0. The van der Waals surface area contributed by atoms with Gasteiger partial charge in [0.1, 0.15) is 5.76 Å². The maximum Gasteiger partial charge on any atom is 0.118 e. The molecule has 0 aliphatic heterocycles. The lowest BCUT2D eigenvalue weighted by Gasteiger charge is -2.34. The Morgan fingerprint density at radius 3 is 2.94 bits per heavy atom. The summed E-state index contributed by atoms with van der Waals surface area (Å²) in [5, 5.41) is 3.39. The van der Waals surface area contributed by atoms with Crippen molar-refractivity contribution in [3.63, 3.8) is 0 Å². The molecule has 0 saturated heterocycles. The summed E-state index contributed by atoms with van der Waals surface area (Å²) in [5.41, 5.74) is 1.26. The second-order valence-electron chi connectivity index (χ2n) is 5.10. The molecule has 1 aliphatic rings. The first-order chi connectivity index (χ1) is 8.29. The predicted molar refractivity (Wildman–Crippen MR) is 69.8 cm³/mol. The first-order valence-electron chi connectivity index (χ1n) is 6.77. The fourth-order valence-corrected chi connectivity index (χ4v) is 2.21. The van der Waals surface area contributed by atoms with Crippen LogP contribution in [-0.2, 0) is 13.1 Å². The number of nitrogens with one attached hydrogen (secondary N) is 1. The van der Waals surface area contributed by atoms with E-state index in [9.17, 15) is 0 Å². The molecule has 3 nitrogen and oxygen atoms in total. The van der Waals surface area contributed by atoms with Gasteiger partial charge in [-0.1, -0.05) is 13.3 Å². The van der Waals surface area contributed by atoms with Crippen LogP contribution < -0.4 is 5.32 Å². The monoisotopic (exact) mass is 236 g/mol. The molecule has 0 spiro atoms. The van der Waals surface area contributed by atoms with Gasteiger partial charge in [0, 0.05) is 18.2 Å². The van der Waals surface area contributed by atoms with Gasteiger partial charge in [-0.15, -0.1) is 0 Å². The summed E-state index contributed by atoms with van der Waals surface area (Å²) in [6.45, 7) is 5.12. The number of hydrogen-bond donors (Lipinski definition) is 1. The van der Waals surface area contributed by atoms with Crippen molar-refractivity contribution in [1.82, 2.24) is 10.2 Å². The van der Waals surface area contributed by atoms with Crippen molar-refractivity contribution in [2.24, 2.45) is 0 Å². The molecule has 0 unspecified atom stereocenters. The Morgan fingerprint density at radius 2 is 2.29 bits per heavy atom. The van der Waals surface area contributed by atoms with Gasteiger partial charge in [0.05, 0.1) is 12.8 Å². The van der Waals surface area contributed by atoms with Gasteiger partial charge in [-0.2, -0.15) is 0 Å².